The van der Waals surface area contributed by atoms with Crippen molar-refractivity contribution >= 4 is 11.9 Å². The van der Waals surface area contributed by atoms with Gasteiger partial charge in [-0.3, -0.25) is 9.59 Å². The van der Waals surface area contributed by atoms with E-state index in [1.54, 1.807) is 0 Å². The normalized spacial score (nSPS) is 44.8. The lowest BCUT2D eigenvalue weighted by Crippen LogP contribution is -2.53. The number of aliphatic hydroxyl groups excluding tert-OH is 1. The molecule has 0 unspecified atom stereocenters. The van der Waals surface area contributed by atoms with Gasteiger partial charge >= 0.3 is 11.9 Å². The molecule has 7 atom stereocenters. The summed E-state index contributed by atoms with van der Waals surface area (Å²) in [5.41, 5.74) is -0.387. The van der Waals surface area contributed by atoms with Crippen LogP contribution in [-0.4, -0.2) is 34.4 Å². The van der Waals surface area contributed by atoms with E-state index in [0.29, 0.717) is 30.1 Å². The summed E-state index contributed by atoms with van der Waals surface area (Å²) >= 11 is 0. The Bertz CT molecular complexity index is 561. The van der Waals surface area contributed by atoms with Crippen molar-refractivity contribution in [2.75, 3.05) is 6.61 Å². The first kappa shape index (κ1) is 19.7. The van der Waals surface area contributed by atoms with Crippen LogP contribution in [0.25, 0.3) is 0 Å². The first-order chi connectivity index (χ1) is 12.2. The average Bonchev–Trinajstić information content (AvgIpc) is 2.80. The second kappa shape index (κ2) is 7.14. The molecule has 0 aromatic rings. The molecule has 0 radical (unpaired) electrons. The lowest BCUT2D eigenvalue weighted by molar-refractivity contribution is -0.178. The van der Waals surface area contributed by atoms with E-state index in [1.165, 1.54) is 6.92 Å². The van der Waals surface area contributed by atoms with Crippen molar-refractivity contribution in [2.45, 2.75) is 77.7 Å². The molecule has 0 bridgehead atoms. The molecule has 3 rings (SSSR count). The summed E-state index contributed by atoms with van der Waals surface area (Å²) in [5, 5.41) is 18.9. The highest BCUT2D eigenvalue weighted by Crippen LogP contribution is 2.65. The van der Waals surface area contributed by atoms with Crippen LogP contribution in [0.5, 0.6) is 0 Å². The van der Waals surface area contributed by atoms with Crippen LogP contribution in [0.1, 0.15) is 72.1 Å². The van der Waals surface area contributed by atoms with E-state index in [0.717, 1.165) is 38.5 Å². The third kappa shape index (κ3) is 3.17. The number of hydrogen-bond acceptors (Lipinski definition) is 4. The van der Waals surface area contributed by atoms with Gasteiger partial charge in [-0.1, -0.05) is 6.92 Å². The van der Waals surface area contributed by atoms with Crippen LogP contribution in [0.3, 0.4) is 0 Å². The van der Waals surface area contributed by atoms with Gasteiger partial charge in [0.15, 0.2) is 0 Å². The smallest absolute Gasteiger partial charge is 0.303 e. The van der Waals surface area contributed by atoms with Crippen molar-refractivity contribution in [1.29, 1.82) is 0 Å². The van der Waals surface area contributed by atoms with Crippen molar-refractivity contribution in [3.63, 3.8) is 0 Å². The fourth-order valence-electron chi connectivity index (χ4n) is 7.02. The van der Waals surface area contributed by atoms with Crippen LogP contribution < -0.4 is 0 Å². The number of hydrogen-bond donors (Lipinski definition) is 2. The first-order valence-corrected chi connectivity index (χ1v) is 10.2. The Morgan fingerprint density at radius 2 is 1.81 bits per heavy atom. The zero-order chi connectivity index (χ0) is 19.1. The Kier molecular flexibility index (Phi) is 5.40. The van der Waals surface area contributed by atoms with E-state index in [1.807, 2.05) is 0 Å². The molecule has 26 heavy (non-hydrogen) atoms. The van der Waals surface area contributed by atoms with Gasteiger partial charge in [-0.05, 0) is 81.5 Å². The van der Waals surface area contributed by atoms with Gasteiger partial charge in [-0.25, -0.2) is 0 Å². The largest absolute Gasteiger partial charge is 0.481 e. The Hall–Kier alpha value is -1.10. The molecule has 3 saturated carbocycles. The Balaban J connectivity index is 1.83. The van der Waals surface area contributed by atoms with Gasteiger partial charge in [-0.15, -0.1) is 0 Å². The van der Waals surface area contributed by atoms with Gasteiger partial charge < -0.3 is 14.9 Å². The number of aliphatic hydroxyl groups is 1. The van der Waals surface area contributed by atoms with Crippen molar-refractivity contribution in [3.05, 3.63) is 0 Å². The molecule has 3 aliphatic carbocycles. The second-order valence-corrected chi connectivity index (χ2v) is 9.36. The minimum absolute atomic E-state index is 0.00321. The number of esters is 1. The third-order valence-electron chi connectivity index (χ3n) is 8.32. The summed E-state index contributed by atoms with van der Waals surface area (Å²) in [4.78, 5) is 23.0. The molecule has 3 aliphatic rings. The molecule has 0 spiro atoms. The van der Waals surface area contributed by atoms with Crippen molar-refractivity contribution < 1.29 is 24.5 Å². The van der Waals surface area contributed by atoms with Gasteiger partial charge in [0, 0.05) is 25.4 Å². The number of carboxylic acids is 1. The third-order valence-corrected chi connectivity index (χ3v) is 8.32. The van der Waals surface area contributed by atoms with Gasteiger partial charge in [0.1, 0.15) is 5.60 Å². The van der Waals surface area contributed by atoms with E-state index < -0.39 is 11.6 Å². The number of carboxylic acid groups (broad SMARTS) is 1. The van der Waals surface area contributed by atoms with Crippen molar-refractivity contribution in [2.24, 2.45) is 35.0 Å². The summed E-state index contributed by atoms with van der Waals surface area (Å²) in [6, 6.07) is 0. The molecule has 0 aromatic heterocycles. The monoisotopic (exact) mass is 366 g/mol. The maximum absolute atomic E-state index is 11.7. The van der Waals surface area contributed by atoms with Crippen LogP contribution in [0.2, 0.25) is 0 Å². The van der Waals surface area contributed by atoms with Gasteiger partial charge in [0.2, 0.25) is 0 Å². The van der Waals surface area contributed by atoms with Crippen LogP contribution in [0.15, 0.2) is 0 Å². The van der Waals surface area contributed by atoms with Gasteiger partial charge in [-0.2, -0.15) is 0 Å². The van der Waals surface area contributed by atoms with E-state index in [2.05, 4.69) is 13.8 Å². The zero-order valence-electron chi connectivity index (χ0n) is 16.4. The quantitative estimate of drug-likeness (QED) is 0.726. The van der Waals surface area contributed by atoms with E-state index >= 15 is 0 Å². The fraction of sp³-hybridized carbons (Fsp3) is 0.905. The minimum atomic E-state index is -0.722. The summed E-state index contributed by atoms with van der Waals surface area (Å²) in [6.45, 7) is 6.04. The summed E-state index contributed by atoms with van der Waals surface area (Å²) in [6.07, 6.45) is 7.01. The standard InChI is InChI=1S/C21H34O5/c1-13(23)26-21(3)10-7-18-17-5-4-14(12-19(24)25)15(8-11-22)16(17)6-9-20(18,21)2/h14-18,22H,4-12H2,1-3H3,(H,24,25)/t14-,15-,16+,17+,18-,20-,21-/m0/s1. The van der Waals surface area contributed by atoms with Gasteiger partial charge in [0.05, 0.1) is 0 Å². The van der Waals surface area contributed by atoms with Crippen LogP contribution in [-0.2, 0) is 14.3 Å². The lowest BCUT2D eigenvalue weighted by atomic mass is 9.50. The summed E-state index contributed by atoms with van der Waals surface area (Å²) < 4.78 is 5.84. The van der Waals surface area contributed by atoms with Crippen molar-refractivity contribution in [3.8, 4) is 0 Å². The number of aliphatic carboxylic acids is 1. The van der Waals surface area contributed by atoms with E-state index in [9.17, 15) is 19.8 Å². The zero-order valence-corrected chi connectivity index (χ0v) is 16.4. The molecule has 2 N–H and O–H groups in total. The number of rotatable bonds is 5. The molecule has 148 valence electrons. The van der Waals surface area contributed by atoms with E-state index in [-0.39, 0.29) is 30.3 Å². The van der Waals surface area contributed by atoms with E-state index in [4.69, 9.17) is 4.74 Å². The minimum Gasteiger partial charge on any atom is -0.481 e. The Labute approximate surface area is 156 Å². The Morgan fingerprint density at radius 1 is 1.08 bits per heavy atom. The molecule has 5 heteroatoms. The molecular formula is C21H34O5. The molecule has 0 aliphatic heterocycles. The van der Waals surface area contributed by atoms with Crippen LogP contribution in [0, 0.1) is 35.0 Å². The summed E-state index contributed by atoms with van der Waals surface area (Å²) in [5.74, 6) is 1.16. The maximum Gasteiger partial charge on any atom is 0.303 e. The topological polar surface area (TPSA) is 83.8 Å². The van der Waals surface area contributed by atoms with Gasteiger partial charge in [0.25, 0.3) is 0 Å². The lowest BCUT2D eigenvalue weighted by Gasteiger charge is -2.56. The van der Waals surface area contributed by atoms with Crippen molar-refractivity contribution in [1.82, 2.24) is 0 Å². The highest BCUT2D eigenvalue weighted by molar-refractivity contribution is 5.67. The highest BCUT2D eigenvalue weighted by atomic mass is 16.6. The maximum atomic E-state index is 11.7. The molecule has 5 nitrogen and oxygen atoms in total. The fourth-order valence-corrected chi connectivity index (χ4v) is 7.02. The molecule has 0 heterocycles. The molecule has 0 amide bonds. The molecular weight excluding hydrogens is 332 g/mol. The summed E-state index contributed by atoms with van der Waals surface area (Å²) in [7, 11) is 0. The average molecular weight is 366 g/mol. The van der Waals surface area contributed by atoms with Crippen LogP contribution >= 0.6 is 0 Å². The number of carbonyl (C=O) groups is 2. The SMILES string of the molecule is CC(=O)O[C@@]1(C)CC[C@H]2[C@@H]3CC[C@@H](CC(=O)O)[C@H](CCO)[C@H]3CC[C@@]21C. The highest BCUT2D eigenvalue weighted by Gasteiger charge is 2.62. The second-order valence-electron chi connectivity index (χ2n) is 9.36. The Morgan fingerprint density at radius 3 is 2.42 bits per heavy atom. The number of ether oxygens (including phenoxy) is 1. The predicted octanol–water partition coefficient (Wildman–Crippen LogP) is 3.63. The predicted molar refractivity (Wildman–Crippen MR) is 97.4 cm³/mol. The number of fused-ring (bicyclic) bond motifs is 3. The van der Waals surface area contributed by atoms with Crippen LogP contribution in [0.4, 0.5) is 0 Å². The number of carbonyl (C=O) groups excluding carboxylic acids is 1. The molecule has 0 aromatic carbocycles. The molecule has 0 saturated heterocycles. The first-order valence-electron chi connectivity index (χ1n) is 10.2. The molecule has 3 fully saturated rings.